The Labute approximate surface area is 101 Å². The van der Waals surface area contributed by atoms with Crippen LogP contribution in [0.1, 0.15) is 22.8 Å². The van der Waals surface area contributed by atoms with Gasteiger partial charge in [-0.05, 0) is 37.6 Å². The Balaban J connectivity index is 2.66. The molecule has 0 aromatic heterocycles. The number of hydrogen-bond acceptors (Lipinski definition) is 4. The summed E-state index contributed by atoms with van der Waals surface area (Å²) in [6.07, 6.45) is 0.00466. The van der Waals surface area contributed by atoms with Crippen molar-refractivity contribution in [3.63, 3.8) is 0 Å². The van der Waals surface area contributed by atoms with Crippen molar-refractivity contribution in [1.82, 2.24) is 5.32 Å². The maximum Gasteiger partial charge on any atom is 0.251 e. The summed E-state index contributed by atoms with van der Waals surface area (Å²) in [6.45, 7) is 4.28. The van der Waals surface area contributed by atoms with Gasteiger partial charge in [-0.3, -0.25) is 10.6 Å². The van der Waals surface area contributed by atoms with Gasteiger partial charge in [-0.2, -0.15) is 0 Å². The highest BCUT2D eigenvalue weighted by Crippen LogP contribution is 2.15. The van der Waals surface area contributed by atoms with Crippen LogP contribution in [0, 0.1) is 6.92 Å². The van der Waals surface area contributed by atoms with E-state index in [1.807, 2.05) is 13.8 Å². The molecule has 1 aromatic carbocycles. The van der Waals surface area contributed by atoms with E-state index < -0.39 is 0 Å². The van der Waals surface area contributed by atoms with Crippen molar-refractivity contribution < 1.29 is 9.53 Å². The molecule has 0 fully saturated rings. The number of methoxy groups -OCH3 is 1. The molecule has 1 atom stereocenters. The fourth-order valence-corrected chi connectivity index (χ4v) is 1.39. The van der Waals surface area contributed by atoms with Gasteiger partial charge in [0.05, 0.1) is 11.8 Å². The second-order valence-corrected chi connectivity index (χ2v) is 3.93. The number of benzene rings is 1. The van der Waals surface area contributed by atoms with Crippen LogP contribution in [0.15, 0.2) is 18.2 Å². The molecule has 1 aromatic rings. The van der Waals surface area contributed by atoms with Gasteiger partial charge in [0, 0.05) is 19.2 Å². The Kier molecular flexibility index (Phi) is 4.93. The van der Waals surface area contributed by atoms with Gasteiger partial charge in [-0.1, -0.05) is 0 Å². The van der Waals surface area contributed by atoms with Crippen molar-refractivity contribution in [1.29, 1.82) is 0 Å². The Morgan fingerprint density at radius 1 is 1.53 bits per heavy atom. The highest BCUT2D eigenvalue weighted by molar-refractivity contribution is 5.94. The SMILES string of the molecule is COC(C)CNC(=O)c1ccc(NN)c(C)c1. The van der Waals surface area contributed by atoms with E-state index in [-0.39, 0.29) is 12.0 Å². The molecule has 94 valence electrons. The Morgan fingerprint density at radius 2 is 2.24 bits per heavy atom. The normalized spacial score (nSPS) is 12.0. The minimum Gasteiger partial charge on any atom is -0.380 e. The molecule has 5 heteroatoms. The summed E-state index contributed by atoms with van der Waals surface area (Å²) in [5.74, 6) is 5.22. The van der Waals surface area contributed by atoms with Crippen LogP contribution in [0.3, 0.4) is 0 Å². The Hall–Kier alpha value is -1.59. The van der Waals surface area contributed by atoms with E-state index >= 15 is 0 Å². The van der Waals surface area contributed by atoms with Crippen molar-refractivity contribution in [2.75, 3.05) is 19.1 Å². The van der Waals surface area contributed by atoms with Crippen LogP contribution < -0.4 is 16.6 Å². The molecule has 0 bridgehead atoms. The second kappa shape index (κ2) is 6.22. The maximum absolute atomic E-state index is 11.8. The lowest BCUT2D eigenvalue weighted by atomic mass is 10.1. The zero-order valence-corrected chi connectivity index (χ0v) is 10.4. The number of anilines is 1. The average Bonchev–Trinajstić information content (AvgIpc) is 2.35. The highest BCUT2D eigenvalue weighted by Gasteiger charge is 2.08. The number of carbonyl (C=O) groups excluding carboxylic acids is 1. The van der Waals surface area contributed by atoms with Gasteiger partial charge in [0.15, 0.2) is 0 Å². The van der Waals surface area contributed by atoms with Crippen LogP contribution in [0.4, 0.5) is 5.69 Å². The maximum atomic E-state index is 11.8. The molecular weight excluding hydrogens is 218 g/mol. The first-order valence-electron chi connectivity index (χ1n) is 5.46. The molecule has 0 aliphatic carbocycles. The van der Waals surface area contributed by atoms with Crippen LogP contribution in [-0.4, -0.2) is 25.7 Å². The van der Waals surface area contributed by atoms with Gasteiger partial charge in [0.1, 0.15) is 0 Å². The smallest absolute Gasteiger partial charge is 0.251 e. The van der Waals surface area contributed by atoms with Crippen molar-refractivity contribution in [3.8, 4) is 0 Å². The highest BCUT2D eigenvalue weighted by atomic mass is 16.5. The monoisotopic (exact) mass is 237 g/mol. The zero-order valence-electron chi connectivity index (χ0n) is 10.4. The number of rotatable bonds is 5. The van der Waals surface area contributed by atoms with Crippen LogP contribution in [0.25, 0.3) is 0 Å². The predicted molar refractivity (Wildman–Crippen MR) is 67.8 cm³/mol. The summed E-state index contributed by atoms with van der Waals surface area (Å²) in [5.41, 5.74) is 4.93. The number of hydrogen-bond donors (Lipinski definition) is 3. The number of nitrogens with two attached hydrogens (primary N) is 1. The van der Waals surface area contributed by atoms with Crippen LogP contribution >= 0.6 is 0 Å². The van der Waals surface area contributed by atoms with E-state index in [0.29, 0.717) is 12.1 Å². The third-order valence-corrected chi connectivity index (χ3v) is 2.60. The standard InChI is InChI=1S/C12H19N3O2/c1-8-6-10(4-5-11(8)15-13)12(16)14-7-9(2)17-3/h4-6,9,15H,7,13H2,1-3H3,(H,14,16). The first-order valence-corrected chi connectivity index (χ1v) is 5.46. The first-order chi connectivity index (χ1) is 8.08. The van der Waals surface area contributed by atoms with Gasteiger partial charge >= 0.3 is 0 Å². The quantitative estimate of drug-likeness (QED) is 0.528. The largest absolute Gasteiger partial charge is 0.380 e. The average molecular weight is 237 g/mol. The third kappa shape index (κ3) is 3.72. The molecule has 1 amide bonds. The summed E-state index contributed by atoms with van der Waals surface area (Å²) in [4.78, 5) is 11.8. The van der Waals surface area contributed by atoms with Gasteiger partial charge < -0.3 is 15.5 Å². The van der Waals surface area contributed by atoms with Gasteiger partial charge in [-0.25, -0.2) is 0 Å². The van der Waals surface area contributed by atoms with E-state index in [2.05, 4.69) is 10.7 Å². The lowest BCUT2D eigenvalue weighted by Gasteiger charge is -2.12. The summed E-state index contributed by atoms with van der Waals surface area (Å²) in [6, 6.07) is 5.31. The molecular formula is C12H19N3O2. The Bertz CT molecular complexity index is 393. The lowest BCUT2D eigenvalue weighted by Crippen LogP contribution is -2.31. The molecule has 0 aliphatic rings. The fraction of sp³-hybridized carbons (Fsp3) is 0.417. The minimum absolute atomic E-state index is 0.00466. The summed E-state index contributed by atoms with van der Waals surface area (Å²) < 4.78 is 5.06. The third-order valence-electron chi connectivity index (χ3n) is 2.60. The van der Waals surface area contributed by atoms with Gasteiger partial charge in [0.25, 0.3) is 5.91 Å². The summed E-state index contributed by atoms with van der Waals surface area (Å²) >= 11 is 0. The molecule has 0 saturated carbocycles. The van der Waals surface area contributed by atoms with Crippen molar-refractivity contribution in [2.24, 2.45) is 5.84 Å². The minimum atomic E-state index is -0.111. The fourth-order valence-electron chi connectivity index (χ4n) is 1.39. The number of amides is 1. The number of hydrazine groups is 1. The second-order valence-electron chi connectivity index (χ2n) is 3.93. The molecule has 0 spiro atoms. The molecule has 1 unspecified atom stereocenters. The van der Waals surface area contributed by atoms with E-state index in [0.717, 1.165) is 11.3 Å². The van der Waals surface area contributed by atoms with E-state index in [1.54, 1.807) is 25.3 Å². The van der Waals surface area contributed by atoms with Gasteiger partial charge in [0.2, 0.25) is 0 Å². The van der Waals surface area contributed by atoms with Crippen molar-refractivity contribution >= 4 is 11.6 Å². The van der Waals surface area contributed by atoms with Crippen LogP contribution in [0.2, 0.25) is 0 Å². The Morgan fingerprint density at radius 3 is 2.76 bits per heavy atom. The van der Waals surface area contributed by atoms with Crippen LogP contribution in [0.5, 0.6) is 0 Å². The van der Waals surface area contributed by atoms with Crippen molar-refractivity contribution in [2.45, 2.75) is 20.0 Å². The number of aryl methyl sites for hydroxylation is 1. The molecule has 1 rings (SSSR count). The topological polar surface area (TPSA) is 76.4 Å². The molecule has 0 heterocycles. The number of carbonyl (C=O) groups is 1. The lowest BCUT2D eigenvalue weighted by molar-refractivity contribution is 0.0870. The summed E-state index contributed by atoms with van der Waals surface area (Å²) in [7, 11) is 1.61. The van der Waals surface area contributed by atoms with E-state index in [9.17, 15) is 4.79 Å². The molecule has 0 aliphatic heterocycles. The zero-order chi connectivity index (χ0) is 12.8. The molecule has 0 saturated heterocycles. The number of nitrogen functional groups attached to an aromatic ring is 1. The molecule has 4 N–H and O–H groups in total. The first kappa shape index (κ1) is 13.5. The van der Waals surface area contributed by atoms with E-state index in [4.69, 9.17) is 10.6 Å². The number of ether oxygens (including phenoxy) is 1. The molecule has 5 nitrogen and oxygen atoms in total. The number of nitrogens with one attached hydrogen (secondary N) is 2. The van der Waals surface area contributed by atoms with E-state index in [1.165, 1.54) is 0 Å². The predicted octanol–water partition coefficient (Wildman–Crippen LogP) is 1.05. The summed E-state index contributed by atoms with van der Waals surface area (Å²) in [5, 5.41) is 2.80. The molecule has 0 radical (unpaired) electrons. The molecule has 17 heavy (non-hydrogen) atoms. The van der Waals surface area contributed by atoms with Gasteiger partial charge in [-0.15, -0.1) is 0 Å². The van der Waals surface area contributed by atoms with Crippen molar-refractivity contribution in [3.05, 3.63) is 29.3 Å². The van der Waals surface area contributed by atoms with Crippen LogP contribution in [-0.2, 0) is 4.74 Å².